The number of amides is 3. The van der Waals surface area contributed by atoms with Crippen molar-refractivity contribution in [2.24, 2.45) is 5.92 Å². The van der Waals surface area contributed by atoms with E-state index >= 15 is 0 Å². The topological polar surface area (TPSA) is 98.7 Å². The number of aliphatic carboxylic acids is 1. The van der Waals surface area contributed by atoms with E-state index in [-0.39, 0.29) is 18.9 Å². The Kier molecular flexibility index (Phi) is 4.36. The zero-order chi connectivity index (χ0) is 13.8. The molecule has 0 aromatic carbocycles. The van der Waals surface area contributed by atoms with Gasteiger partial charge in [0.15, 0.2) is 0 Å². The van der Waals surface area contributed by atoms with Gasteiger partial charge in [-0.05, 0) is 31.8 Å². The number of carboxylic acid groups (broad SMARTS) is 1. The minimum atomic E-state index is -1.05. The van der Waals surface area contributed by atoms with Gasteiger partial charge in [0.05, 0.1) is 6.42 Å². The van der Waals surface area contributed by atoms with Gasteiger partial charge >= 0.3 is 12.0 Å². The number of carbonyl (C=O) groups excluding carboxylic acids is 2. The molecule has 0 spiro atoms. The second-order valence-corrected chi connectivity index (χ2v) is 5.16. The molecule has 7 nitrogen and oxygen atoms in total. The highest BCUT2D eigenvalue weighted by Gasteiger charge is 2.34. The molecule has 3 aliphatic heterocycles. The highest BCUT2D eigenvalue weighted by Crippen LogP contribution is 2.27. The summed E-state index contributed by atoms with van der Waals surface area (Å²) in [6.07, 6.45) is 1.72. The van der Waals surface area contributed by atoms with E-state index in [2.05, 4.69) is 15.5 Å². The first-order chi connectivity index (χ1) is 9.04. The molecule has 3 fully saturated rings. The third-order valence-electron chi connectivity index (χ3n) is 3.79. The lowest BCUT2D eigenvalue weighted by Gasteiger charge is -2.44. The number of fused-ring (bicyclic) bond motifs is 3. The SMILES string of the molecule is O=C(O)CCC(=O)NC(=O)NC1CN2CCC1CC2. The van der Waals surface area contributed by atoms with Gasteiger partial charge in [0.1, 0.15) is 0 Å². The molecule has 19 heavy (non-hydrogen) atoms. The summed E-state index contributed by atoms with van der Waals surface area (Å²) in [4.78, 5) is 35.6. The summed E-state index contributed by atoms with van der Waals surface area (Å²) in [5, 5.41) is 13.4. The van der Waals surface area contributed by atoms with Crippen LogP contribution in [0.15, 0.2) is 0 Å². The molecular formula is C12H19N3O4. The van der Waals surface area contributed by atoms with Crippen LogP contribution in [-0.2, 0) is 9.59 Å². The molecule has 0 saturated carbocycles. The molecule has 3 N–H and O–H groups in total. The molecule has 7 heteroatoms. The third-order valence-corrected chi connectivity index (χ3v) is 3.79. The van der Waals surface area contributed by atoms with Crippen LogP contribution >= 0.6 is 0 Å². The van der Waals surface area contributed by atoms with E-state index in [4.69, 9.17) is 5.11 Å². The molecule has 3 saturated heterocycles. The van der Waals surface area contributed by atoms with Gasteiger partial charge in [-0.2, -0.15) is 0 Å². The van der Waals surface area contributed by atoms with Crippen molar-refractivity contribution in [1.29, 1.82) is 0 Å². The second kappa shape index (κ2) is 6.01. The second-order valence-electron chi connectivity index (χ2n) is 5.16. The Balaban J connectivity index is 1.72. The molecule has 3 amide bonds. The van der Waals surface area contributed by atoms with Crippen molar-refractivity contribution in [3.63, 3.8) is 0 Å². The maximum absolute atomic E-state index is 11.6. The lowest BCUT2D eigenvalue weighted by molar-refractivity contribution is -0.138. The number of rotatable bonds is 4. The molecule has 3 aliphatic rings. The van der Waals surface area contributed by atoms with E-state index in [1.165, 1.54) is 0 Å². The van der Waals surface area contributed by atoms with E-state index in [0.29, 0.717) is 5.92 Å². The molecule has 2 bridgehead atoms. The van der Waals surface area contributed by atoms with Gasteiger partial charge in [-0.15, -0.1) is 0 Å². The van der Waals surface area contributed by atoms with Crippen molar-refractivity contribution in [2.75, 3.05) is 19.6 Å². The summed E-state index contributed by atoms with van der Waals surface area (Å²) in [6.45, 7) is 3.01. The Labute approximate surface area is 111 Å². The molecule has 1 unspecified atom stereocenters. The molecule has 3 heterocycles. The van der Waals surface area contributed by atoms with Crippen LogP contribution in [-0.4, -0.2) is 53.6 Å². The predicted molar refractivity (Wildman–Crippen MR) is 66.5 cm³/mol. The van der Waals surface area contributed by atoms with Gasteiger partial charge in [0, 0.05) is 19.0 Å². The molecular weight excluding hydrogens is 250 g/mol. The number of imide groups is 1. The van der Waals surface area contributed by atoms with Crippen LogP contribution in [0, 0.1) is 5.92 Å². The van der Waals surface area contributed by atoms with Crippen LogP contribution in [0.4, 0.5) is 4.79 Å². The summed E-state index contributed by atoms with van der Waals surface area (Å²) in [5.74, 6) is -1.11. The highest BCUT2D eigenvalue weighted by molar-refractivity contribution is 5.95. The van der Waals surface area contributed by atoms with Gasteiger partial charge in [-0.25, -0.2) is 4.79 Å². The van der Waals surface area contributed by atoms with Crippen molar-refractivity contribution in [3.05, 3.63) is 0 Å². The number of carboxylic acids is 1. The first-order valence-corrected chi connectivity index (χ1v) is 6.59. The van der Waals surface area contributed by atoms with Gasteiger partial charge in [-0.3, -0.25) is 14.9 Å². The molecule has 106 valence electrons. The van der Waals surface area contributed by atoms with Crippen molar-refractivity contribution >= 4 is 17.9 Å². The van der Waals surface area contributed by atoms with Gasteiger partial charge in [0.25, 0.3) is 0 Å². The van der Waals surface area contributed by atoms with Crippen LogP contribution in [0.3, 0.4) is 0 Å². The first-order valence-electron chi connectivity index (χ1n) is 6.59. The summed E-state index contributed by atoms with van der Waals surface area (Å²) in [6, 6.07) is -0.427. The fourth-order valence-electron chi connectivity index (χ4n) is 2.74. The molecule has 0 aliphatic carbocycles. The summed E-state index contributed by atoms with van der Waals surface area (Å²) >= 11 is 0. The zero-order valence-corrected chi connectivity index (χ0v) is 10.7. The van der Waals surface area contributed by atoms with Crippen LogP contribution in [0.25, 0.3) is 0 Å². The molecule has 0 aromatic rings. The third kappa shape index (κ3) is 3.92. The fraction of sp³-hybridized carbons (Fsp3) is 0.750. The van der Waals surface area contributed by atoms with Crippen molar-refractivity contribution in [3.8, 4) is 0 Å². The van der Waals surface area contributed by atoms with Gasteiger partial charge in [0.2, 0.25) is 5.91 Å². The summed E-state index contributed by atoms with van der Waals surface area (Å²) in [7, 11) is 0. The maximum atomic E-state index is 11.6. The van der Waals surface area contributed by atoms with Crippen molar-refractivity contribution in [1.82, 2.24) is 15.5 Å². The van der Waals surface area contributed by atoms with Crippen LogP contribution < -0.4 is 10.6 Å². The Bertz CT molecular complexity index is 377. The first kappa shape index (κ1) is 13.8. The van der Waals surface area contributed by atoms with Gasteiger partial charge in [-0.1, -0.05) is 0 Å². The standard InChI is InChI=1S/C12H19N3O4/c16-10(1-2-11(17)18)14-12(19)13-9-7-15-5-3-8(9)4-6-15/h8-9H,1-7H2,(H,17,18)(H2,13,14,16,19). The molecule has 0 aromatic heterocycles. The molecule has 1 atom stereocenters. The molecule has 3 rings (SSSR count). The summed E-state index contributed by atoms with van der Waals surface area (Å²) < 4.78 is 0. The minimum absolute atomic E-state index is 0.0924. The van der Waals surface area contributed by atoms with E-state index in [1.807, 2.05) is 0 Å². The predicted octanol–water partition coefficient (Wildman–Crippen LogP) is -0.229. The Morgan fingerprint density at radius 1 is 1.16 bits per heavy atom. The fourth-order valence-corrected chi connectivity index (χ4v) is 2.74. The van der Waals surface area contributed by atoms with Crippen molar-refractivity contribution < 1.29 is 19.5 Å². The average Bonchev–Trinajstić information content (AvgIpc) is 2.37. The van der Waals surface area contributed by atoms with Crippen molar-refractivity contribution in [2.45, 2.75) is 31.7 Å². The van der Waals surface area contributed by atoms with Crippen LogP contribution in [0.2, 0.25) is 0 Å². The Hall–Kier alpha value is -1.63. The summed E-state index contributed by atoms with van der Waals surface area (Å²) in [5.41, 5.74) is 0. The van der Waals surface area contributed by atoms with E-state index < -0.39 is 17.9 Å². The quantitative estimate of drug-likeness (QED) is 0.655. The number of hydrogen-bond acceptors (Lipinski definition) is 4. The smallest absolute Gasteiger partial charge is 0.321 e. The van der Waals surface area contributed by atoms with Crippen LogP contribution in [0.1, 0.15) is 25.7 Å². The zero-order valence-electron chi connectivity index (χ0n) is 10.7. The lowest BCUT2D eigenvalue weighted by Crippen LogP contribution is -2.59. The number of hydrogen-bond donors (Lipinski definition) is 3. The number of urea groups is 1. The number of carbonyl (C=O) groups is 3. The number of piperidine rings is 3. The lowest BCUT2D eigenvalue weighted by atomic mass is 9.84. The monoisotopic (exact) mass is 269 g/mol. The van der Waals surface area contributed by atoms with E-state index in [1.54, 1.807) is 0 Å². The van der Waals surface area contributed by atoms with E-state index in [9.17, 15) is 14.4 Å². The largest absolute Gasteiger partial charge is 0.481 e. The van der Waals surface area contributed by atoms with Crippen LogP contribution in [0.5, 0.6) is 0 Å². The van der Waals surface area contributed by atoms with E-state index in [0.717, 1.165) is 32.5 Å². The normalized spacial score (nSPS) is 28.7. The Morgan fingerprint density at radius 2 is 1.84 bits per heavy atom. The maximum Gasteiger partial charge on any atom is 0.321 e. The Morgan fingerprint density at radius 3 is 2.37 bits per heavy atom. The minimum Gasteiger partial charge on any atom is -0.481 e. The number of nitrogens with zero attached hydrogens (tertiary/aromatic N) is 1. The number of nitrogens with one attached hydrogen (secondary N) is 2. The average molecular weight is 269 g/mol. The van der Waals surface area contributed by atoms with Gasteiger partial charge < -0.3 is 15.3 Å². The highest BCUT2D eigenvalue weighted by atomic mass is 16.4. The molecule has 0 radical (unpaired) electrons.